The van der Waals surface area contributed by atoms with E-state index in [1.165, 1.54) is 6.21 Å². The average molecular weight is 321 g/mol. The van der Waals surface area contributed by atoms with E-state index in [2.05, 4.69) is 10.5 Å². The summed E-state index contributed by atoms with van der Waals surface area (Å²) in [4.78, 5) is 11.7. The Kier molecular flexibility index (Phi) is 5.78. The standard InChI is InChI=1S/C16H14Cl2N2O/c17-14-8-4-7-13(16(14)18)11-19-20-15(21)10-9-12-5-2-1-3-6-12/h1-8,11H,9-10H2,(H,20,21)/b19-11+. The minimum atomic E-state index is -0.145. The average Bonchev–Trinajstić information content (AvgIpc) is 2.50. The van der Waals surface area contributed by atoms with Gasteiger partial charge >= 0.3 is 0 Å². The van der Waals surface area contributed by atoms with Crippen molar-refractivity contribution in [3.8, 4) is 0 Å². The highest BCUT2D eigenvalue weighted by Crippen LogP contribution is 2.24. The van der Waals surface area contributed by atoms with E-state index in [0.717, 1.165) is 5.56 Å². The summed E-state index contributed by atoms with van der Waals surface area (Å²) in [5.41, 5.74) is 4.26. The summed E-state index contributed by atoms with van der Waals surface area (Å²) in [5.74, 6) is -0.145. The molecule has 108 valence electrons. The predicted octanol–water partition coefficient (Wildman–Crippen LogP) is 4.08. The summed E-state index contributed by atoms with van der Waals surface area (Å²) in [6.07, 6.45) is 2.54. The van der Waals surface area contributed by atoms with Gasteiger partial charge in [-0.15, -0.1) is 0 Å². The maximum Gasteiger partial charge on any atom is 0.240 e. The van der Waals surface area contributed by atoms with E-state index < -0.39 is 0 Å². The lowest BCUT2D eigenvalue weighted by molar-refractivity contribution is -0.121. The van der Waals surface area contributed by atoms with E-state index in [9.17, 15) is 4.79 Å². The van der Waals surface area contributed by atoms with Crippen molar-refractivity contribution < 1.29 is 4.79 Å². The number of amides is 1. The molecule has 0 unspecified atom stereocenters. The highest BCUT2D eigenvalue weighted by molar-refractivity contribution is 6.43. The summed E-state index contributed by atoms with van der Waals surface area (Å²) in [6, 6.07) is 15.1. The van der Waals surface area contributed by atoms with Crippen molar-refractivity contribution in [2.24, 2.45) is 5.10 Å². The fourth-order valence-electron chi connectivity index (χ4n) is 1.75. The first-order valence-electron chi connectivity index (χ1n) is 6.46. The molecule has 2 rings (SSSR count). The fourth-order valence-corrected chi connectivity index (χ4v) is 2.11. The normalized spacial score (nSPS) is 10.8. The number of rotatable bonds is 5. The van der Waals surface area contributed by atoms with E-state index >= 15 is 0 Å². The van der Waals surface area contributed by atoms with E-state index in [4.69, 9.17) is 23.2 Å². The molecular formula is C16H14Cl2N2O. The third-order valence-corrected chi connectivity index (χ3v) is 3.69. The quantitative estimate of drug-likeness (QED) is 0.654. The Hall–Kier alpha value is -1.84. The maximum atomic E-state index is 11.7. The second-order valence-corrected chi connectivity index (χ2v) is 5.21. The van der Waals surface area contributed by atoms with Gasteiger partial charge in [0.2, 0.25) is 5.91 Å². The van der Waals surface area contributed by atoms with Crippen LogP contribution < -0.4 is 5.43 Å². The van der Waals surface area contributed by atoms with Gasteiger partial charge in [-0.2, -0.15) is 5.10 Å². The number of carbonyl (C=O) groups excluding carboxylic acids is 1. The van der Waals surface area contributed by atoms with Gasteiger partial charge in [0.1, 0.15) is 0 Å². The smallest absolute Gasteiger partial charge is 0.240 e. The van der Waals surface area contributed by atoms with Crippen LogP contribution in [0.2, 0.25) is 10.0 Å². The maximum absolute atomic E-state index is 11.7. The third kappa shape index (κ3) is 4.88. The lowest BCUT2D eigenvalue weighted by Crippen LogP contribution is -2.17. The highest BCUT2D eigenvalue weighted by atomic mass is 35.5. The zero-order valence-electron chi connectivity index (χ0n) is 11.2. The van der Waals surface area contributed by atoms with Crippen molar-refractivity contribution in [2.75, 3.05) is 0 Å². The summed E-state index contributed by atoms with van der Waals surface area (Å²) < 4.78 is 0. The van der Waals surface area contributed by atoms with Crippen molar-refractivity contribution >= 4 is 35.3 Å². The molecule has 5 heteroatoms. The Balaban J connectivity index is 1.83. The van der Waals surface area contributed by atoms with Gasteiger partial charge < -0.3 is 0 Å². The Bertz CT molecular complexity index is 642. The van der Waals surface area contributed by atoms with E-state index in [-0.39, 0.29) is 5.91 Å². The van der Waals surface area contributed by atoms with E-state index in [1.807, 2.05) is 30.3 Å². The molecule has 0 radical (unpaired) electrons. The number of carbonyl (C=O) groups is 1. The molecule has 0 saturated heterocycles. The summed E-state index contributed by atoms with van der Waals surface area (Å²) in [5, 5.41) is 4.76. The van der Waals surface area contributed by atoms with Gasteiger partial charge in [-0.1, -0.05) is 65.7 Å². The van der Waals surface area contributed by atoms with E-state index in [0.29, 0.717) is 28.5 Å². The molecule has 0 heterocycles. The van der Waals surface area contributed by atoms with Crippen LogP contribution in [-0.4, -0.2) is 12.1 Å². The van der Waals surface area contributed by atoms with Crippen molar-refractivity contribution in [1.29, 1.82) is 0 Å². The molecule has 0 aliphatic rings. The van der Waals surface area contributed by atoms with Gasteiger partial charge in [0, 0.05) is 12.0 Å². The number of hydrogen-bond acceptors (Lipinski definition) is 2. The van der Waals surface area contributed by atoms with Gasteiger partial charge in [-0.25, -0.2) is 5.43 Å². The van der Waals surface area contributed by atoms with Crippen LogP contribution in [0, 0.1) is 0 Å². The summed E-state index contributed by atoms with van der Waals surface area (Å²) in [7, 11) is 0. The molecule has 0 aliphatic heterocycles. The topological polar surface area (TPSA) is 41.5 Å². The van der Waals surface area contributed by atoms with Crippen LogP contribution in [0.15, 0.2) is 53.6 Å². The SMILES string of the molecule is O=C(CCc1ccccc1)N/N=C/c1cccc(Cl)c1Cl. The third-order valence-electron chi connectivity index (χ3n) is 2.86. The first kappa shape index (κ1) is 15.5. The molecule has 3 nitrogen and oxygen atoms in total. The van der Waals surface area contributed by atoms with Crippen molar-refractivity contribution in [2.45, 2.75) is 12.8 Å². The largest absolute Gasteiger partial charge is 0.273 e. The van der Waals surface area contributed by atoms with Crippen molar-refractivity contribution in [1.82, 2.24) is 5.43 Å². The molecule has 0 atom stereocenters. The molecule has 0 aliphatic carbocycles. The number of benzene rings is 2. The lowest BCUT2D eigenvalue weighted by atomic mass is 10.1. The molecule has 21 heavy (non-hydrogen) atoms. The second-order valence-electron chi connectivity index (χ2n) is 4.42. The molecular weight excluding hydrogens is 307 g/mol. The highest BCUT2D eigenvalue weighted by Gasteiger charge is 2.03. The summed E-state index contributed by atoms with van der Waals surface area (Å²) >= 11 is 11.9. The van der Waals surface area contributed by atoms with Crippen LogP contribution in [0.5, 0.6) is 0 Å². The van der Waals surface area contributed by atoms with E-state index in [1.54, 1.807) is 18.2 Å². The van der Waals surface area contributed by atoms with Gasteiger partial charge in [-0.3, -0.25) is 4.79 Å². The second kappa shape index (κ2) is 7.81. The predicted molar refractivity (Wildman–Crippen MR) is 87.0 cm³/mol. The number of hydrazone groups is 1. The molecule has 2 aromatic rings. The minimum Gasteiger partial charge on any atom is -0.273 e. The number of aryl methyl sites for hydroxylation is 1. The zero-order chi connectivity index (χ0) is 15.1. The van der Waals surface area contributed by atoms with Crippen LogP contribution >= 0.6 is 23.2 Å². The van der Waals surface area contributed by atoms with Crippen LogP contribution in [-0.2, 0) is 11.2 Å². The van der Waals surface area contributed by atoms with Gasteiger partial charge in [-0.05, 0) is 18.1 Å². The van der Waals surface area contributed by atoms with Gasteiger partial charge in [0.15, 0.2) is 0 Å². The van der Waals surface area contributed by atoms with Crippen LogP contribution in [0.3, 0.4) is 0 Å². The monoisotopic (exact) mass is 320 g/mol. The number of nitrogens with zero attached hydrogens (tertiary/aromatic N) is 1. The van der Waals surface area contributed by atoms with Gasteiger partial charge in [0.05, 0.1) is 16.3 Å². The Labute approximate surface area is 133 Å². The molecule has 1 N–H and O–H groups in total. The number of halogens is 2. The number of nitrogens with one attached hydrogen (secondary N) is 1. The van der Waals surface area contributed by atoms with Crippen LogP contribution in [0.25, 0.3) is 0 Å². The Morgan fingerprint density at radius 3 is 2.62 bits per heavy atom. The van der Waals surface area contributed by atoms with Crippen molar-refractivity contribution in [3.63, 3.8) is 0 Å². The Morgan fingerprint density at radius 1 is 1.10 bits per heavy atom. The number of hydrogen-bond donors (Lipinski definition) is 1. The first-order valence-corrected chi connectivity index (χ1v) is 7.22. The summed E-state index contributed by atoms with van der Waals surface area (Å²) in [6.45, 7) is 0. The lowest BCUT2D eigenvalue weighted by Gasteiger charge is -2.02. The zero-order valence-corrected chi connectivity index (χ0v) is 12.7. The molecule has 0 spiro atoms. The molecule has 1 amide bonds. The molecule has 2 aromatic carbocycles. The molecule has 0 fully saturated rings. The van der Waals surface area contributed by atoms with Gasteiger partial charge in [0.25, 0.3) is 0 Å². The van der Waals surface area contributed by atoms with Crippen LogP contribution in [0.4, 0.5) is 0 Å². The van der Waals surface area contributed by atoms with Crippen LogP contribution in [0.1, 0.15) is 17.5 Å². The minimum absolute atomic E-state index is 0.145. The first-order chi connectivity index (χ1) is 10.2. The molecule has 0 aromatic heterocycles. The molecule has 0 bridgehead atoms. The fraction of sp³-hybridized carbons (Fsp3) is 0.125. The Morgan fingerprint density at radius 2 is 1.86 bits per heavy atom. The van der Waals surface area contributed by atoms with Crippen molar-refractivity contribution in [3.05, 3.63) is 69.7 Å². The molecule has 0 saturated carbocycles.